The average molecular weight is 195 g/mol. The Morgan fingerprint density at radius 1 is 1.36 bits per heavy atom. The summed E-state index contributed by atoms with van der Waals surface area (Å²) in [5.74, 6) is 0.750. The predicted octanol–water partition coefficient (Wildman–Crippen LogP) is 2.49. The minimum absolute atomic E-state index is 0.750. The van der Waals surface area contributed by atoms with Crippen LogP contribution in [0.4, 0.5) is 5.69 Å². The maximum absolute atomic E-state index is 4.36. The van der Waals surface area contributed by atoms with Gasteiger partial charge < -0.3 is 5.32 Å². The molecule has 0 bridgehead atoms. The number of hydrogen-bond acceptors (Lipinski definition) is 2. The van der Waals surface area contributed by atoms with E-state index in [0.29, 0.717) is 0 Å². The van der Waals surface area contributed by atoms with Gasteiger partial charge in [0.2, 0.25) is 0 Å². The van der Waals surface area contributed by atoms with Gasteiger partial charge in [-0.25, -0.2) is 0 Å². The van der Waals surface area contributed by atoms with Crippen molar-refractivity contribution in [2.24, 2.45) is 13.0 Å². The number of hydrogen-bond donors (Lipinski definition) is 1. The summed E-state index contributed by atoms with van der Waals surface area (Å²) >= 11 is 0. The van der Waals surface area contributed by atoms with Gasteiger partial charge in [-0.15, -0.1) is 0 Å². The molecule has 3 nitrogen and oxygen atoms in total. The highest BCUT2D eigenvalue weighted by Gasteiger charge is 2.07. The van der Waals surface area contributed by atoms with Crippen LogP contribution in [0.3, 0.4) is 0 Å². The number of rotatable bonds is 4. The predicted molar refractivity (Wildman–Crippen MR) is 60.6 cm³/mol. The summed E-state index contributed by atoms with van der Waals surface area (Å²) in [7, 11) is 1.98. The van der Waals surface area contributed by atoms with Crippen molar-refractivity contribution in [3.8, 4) is 0 Å². The van der Waals surface area contributed by atoms with Crippen LogP contribution in [-0.4, -0.2) is 16.3 Å². The van der Waals surface area contributed by atoms with Crippen LogP contribution in [0, 0.1) is 19.8 Å². The number of nitrogens with one attached hydrogen (secondary N) is 1. The van der Waals surface area contributed by atoms with Crippen molar-refractivity contribution in [2.45, 2.75) is 34.1 Å². The van der Waals surface area contributed by atoms with Crippen LogP contribution >= 0.6 is 0 Å². The molecule has 0 aromatic carbocycles. The number of aryl methyl sites for hydroxylation is 2. The molecule has 80 valence electrons. The van der Waals surface area contributed by atoms with Gasteiger partial charge in [0, 0.05) is 13.6 Å². The largest absolute Gasteiger partial charge is 0.382 e. The third-order valence-corrected chi connectivity index (χ3v) is 2.53. The first-order valence-electron chi connectivity index (χ1n) is 5.26. The van der Waals surface area contributed by atoms with Crippen molar-refractivity contribution in [2.75, 3.05) is 11.9 Å². The second kappa shape index (κ2) is 4.49. The molecule has 0 aliphatic carbocycles. The summed E-state index contributed by atoms with van der Waals surface area (Å²) in [6.07, 6.45) is 1.20. The second-order valence-electron chi connectivity index (χ2n) is 4.28. The van der Waals surface area contributed by atoms with Crippen LogP contribution in [0.25, 0.3) is 0 Å². The fraction of sp³-hybridized carbons (Fsp3) is 0.727. The summed E-state index contributed by atoms with van der Waals surface area (Å²) in [6, 6.07) is 0. The quantitative estimate of drug-likeness (QED) is 0.800. The molecule has 0 unspecified atom stereocenters. The third-order valence-electron chi connectivity index (χ3n) is 2.53. The summed E-state index contributed by atoms with van der Waals surface area (Å²) in [4.78, 5) is 0. The van der Waals surface area contributed by atoms with E-state index in [2.05, 4.69) is 31.2 Å². The van der Waals surface area contributed by atoms with Gasteiger partial charge in [0.25, 0.3) is 0 Å². The Bertz CT molecular complexity index is 300. The van der Waals surface area contributed by atoms with Crippen molar-refractivity contribution in [3.63, 3.8) is 0 Å². The van der Waals surface area contributed by atoms with Crippen LogP contribution in [0.1, 0.15) is 31.7 Å². The van der Waals surface area contributed by atoms with E-state index in [1.807, 2.05) is 18.7 Å². The molecular weight excluding hydrogens is 174 g/mol. The van der Waals surface area contributed by atoms with E-state index in [9.17, 15) is 0 Å². The van der Waals surface area contributed by atoms with Gasteiger partial charge in [0.15, 0.2) is 0 Å². The van der Waals surface area contributed by atoms with Crippen LogP contribution < -0.4 is 5.32 Å². The highest BCUT2D eigenvalue weighted by molar-refractivity contribution is 5.51. The van der Waals surface area contributed by atoms with Crippen LogP contribution in [0.15, 0.2) is 0 Å². The first-order chi connectivity index (χ1) is 6.52. The zero-order valence-corrected chi connectivity index (χ0v) is 9.89. The molecule has 1 aromatic rings. The molecule has 1 rings (SSSR count). The molecule has 0 fully saturated rings. The lowest BCUT2D eigenvalue weighted by Crippen LogP contribution is -2.06. The molecule has 0 saturated heterocycles. The van der Waals surface area contributed by atoms with Crippen molar-refractivity contribution >= 4 is 5.69 Å². The lowest BCUT2D eigenvalue weighted by molar-refractivity contribution is 0.607. The van der Waals surface area contributed by atoms with Crippen molar-refractivity contribution < 1.29 is 0 Å². The molecule has 3 heteroatoms. The molecule has 14 heavy (non-hydrogen) atoms. The zero-order chi connectivity index (χ0) is 10.7. The van der Waals surface area contributed by atoms with E-state index < -0.39 is 0 Å². The van der Waals surface area contributed by atoms with E-state index >= 15 is 0 Å². The Morgan fingerprint density at radius 3 is 2.43 bits per heavy atom. The number of anilines is 1. The number of nitrogens with zero attached hydrogens (tertiary/aromatic N) is 2. The van der Waals surface area contributed by atoms with Gasteiger partial charge in [0.1, 0.15) is 0 Å². The lowest BCUT2D eigenvalue weighted by atomic mass is 10.1. The third kappa shape index (κ3) is 2.50. The molecule has 0 saturated carbocycles. The molecule has 1 heterocycles. The van der Waals surface area contributed by atoms with E-state index in [0.717, 1.165) is 18.2 Å². The fourth-order valence-corrected chi connectivity index (χ4v) is 1.52. The Balaban J connectivity index is 2.58. The standard InChI is InChI=1S/C11H21N3/c1-8(2)6-7-12-11-9(3)13-14(5)10(11)4/h8,12H,6-7H2,1-5H3. The normalized spacial score (nSPS) is 11.0. The van der Waals surface area contributed by atoms with Crippen LogP contribution in [0.2, 0.25) is 0 Å². The minimum Gasteiger partial charge on any atom is -0.382 e. The van der Waals surface area contributed by atoms with Crippen molar-refractivity contribution in [1.82, 2.24) is 9.78 Å². The van der Waals surface area contributed by atoms with Gasteiger partial charge in [-0.2, -0.15) is 5.10 Å². The molecular formula is C11H21N3. The Kier molecular flexibility index (Phi) is 3.55. The van der Waals surface area contributed by atoms with Crippen molar-refractivity contribution in [1.29, 1.82) is 0 Å². The topological polar surface area (TPSA) is 29.9 Å². The molecule has 0 radical (unpaired) electrons. The van der Waals surface area contributed by atoms with E-state index in [1.165, 1.54) is 17.8 Å². The van der Waals surface area contributed by atoms with Crippen molar-refractivity contribution in [3.05, 3.63) is 11.4 Å². The van der Waals surface area contributed by atoms with Gasteiger partial charge in [-0.1, -0.05) is 13.8 Å². The van der Waals surface area contributed by atoms with Crippen LogP contribution in [0.5, 0.6) is 0 Å². The van der Waals surface area contributed by atoms with Gasteiger partial charge in [0.05, 0.1) is 17.1 Å². The molecule has 0 amide bonds. The highest BCUT2D eigenvalue weighted by atomic mass is 15.3. The van der Waals surface area contributed by atoms with E-state index in [-0.39, 0.29) is 0 Å². The summed E-state index contributed by atoms with van der Waals surface area (Å²) < 4.78 is 1.92. The monoisotopic (exact) mass is 195 g/mol. The molecule has 0 spiro atoms. The maximum Gasteiger partial charge on any atom is 0.0827 e. The smallest absolute Gasteiger partial charge is 0.0827 e. The fourth-order valence-electron chi connectivity index (χ4n) is 1.52. The summed E-state index contributed by atoms with van der Waals surface area (Å²) in [6.45, 7) is 9.66. The molecule has 1 aromatic heterocycles. The second-order valence-corrected chi connectivity index (χ2v) is 4.28. The molecule has 0 atom stereocenters. The SMILES string of the molecule is Cc1nn(C)c(C)c1NCCC(C)C. The Labute approximate surface area is 86.5 Å². The van der Waals surface area contributed by atoms with Gasteiger partial charge >= 0.3 is 0 Å². The molecule has 1 N–H and O–H groups in total. The average Bonchev–Trinajstić information content (AvgIpc) is 2.31. The Morgan fingerprint density at radius 2 is 2.00 bits per heavy atom. The lowest BCUT2D eigenvalue weighted by Gasteiger charge is -2.08. The maximum atomic E-state index is 4.36. The minimum atomic E-state index is 0.750. The Hall–Kier alpha value is -0.990. The first-order valence-corrected chi connectivity index (χ1v) is 5.26. The van der Waals surface area contributed by atoms with Crippen LogP contribution in [-0.2, 0) is 7.05 Å². The zero-order valence-electron chi connectivity index (χ0n) is 9.89. The van der Waals surface area contributed by atoms with E-state index in [1.54, 1.807) is 0 Å². The number of aromatic nitrogens is 2. The first kappa shape index (κ1) is 11.1. The molecule has 0 aliphatic rings. The van der Waals surface area contributed by atoms with Gasteiger partial charge in [-0.3, -0.25) is 4.68 Å². The summed E-state index contributed by atoms with van der Waals surface area (Å²) in [5, 5.41) is 7.81. The van der Waals surface area contributed by atoms with Gasteiger partial charge in [-0.05, 0) is 26.2 Å². The highest BCUT2D eigenvalue weighted by Crippen LogP contribution is 2.18. The molecule has 0 aliphatic heterocycles. The summed E-state index contributed by atoms with van der Waals surface area (Å²) in [5.41, 5.74) is 3.51. The van der Waals surface area contributed by atoms with E-state index in [4.69, 9.17) is 0 Å².